The molecule has 92 valence electrons. The molecule has 0 saturated carbocycles. The predicted octanol–water partition coefficient (Wildman–Crippen LogP) is -3.98. The van der Waals surface area contributed by atoms with Crippen molar-refractivity contribution in [3.63, 3.8) is 0 Å². The molecule has 0 spiro atoms. The Hall–Kier alpha value is -0.930. The van der Waals surface area contributed by atoms with Crippen LogP contribution in [0.1, 0.15) is 0 Å². The van der Waals surface area contributed by atoms with Gasteiger partial charge in [0.05, 0.1) is 13.1 Å². The first-order chi connectivity index (χ1) is 7.23. The Bertz CT molecular complexity index is 328. The number of alkyl halides is 3. The van der Waals surface area contributed by atoms with E-state index in [-0.39, 0.29) is 29.6 Å². The first kappa shape index (κ1) is 18.4. The maximum Gasteiger partial charge on any atom is 1.00 e. The average Bonchev–Trinajstić information content (AvgIpc) is 2.21. The van der Waals surface area contributed by atoms with Crippen LogP contribution in [0.4, 0.5) is 13.2 Å². The van der Waals surface area contributed by atoms with E-state index < -0.39 is 29.7 Å². The molecule has 1 amide bonds. The number of halogens is 3. The Morgan fingerprint density at radius 2 is 1.65 bits per heavy atom. The van der Waals surface area contributed by atoms with E-state index in [2.05, 4.69) is 9.47 Å². The summed E-state index contributed by atoms with van der Waals surface area (Å²) in [6.07, 6.45) is -5.23. The van der Waals surface area contributed by atoms with Crippen LogP contribution in [-0.2, 0) is 19.1 Å². The van der Waals surface area contributed by atoms with Crippen molar-refractivity contribution in [2.75, 3.05) is 14.2 Å². The molecule has 0 rings (SSSR count). The topological polar surface area (TPSA) is 87.7 Å². The van der Waals surface area contributed by atoms with E-state index in [1.54, 1.807) is 0 Å². The van der Waals surface area contributed by atoms with Gasteiger partial charge in [-0.1, -0.05) is 0 Å². The summed E-state index contributed by atoms with van der Waals surface area (Å²) in [4.78, 5) is 21.3. The fourth-order valence-corrected chi connectivity index (χ4v) is 0.574. The molecule has 17 heavy (non-hydrogen) atoms. The van der Waals surface area contributed by atoms with Gasteiger partial charge in [-0.2, -0.15) is 13.2 Å². The van der Waals surface area contributed by atoms with Crippen LogP contribution >= 0.6 is 0 Å². The summed E-state index contributed by atoms with van der Waals surface area (Å²) in [7, 11) is 1.65. The molecule has 0 aliphatic carbocycles. The molecule has 0 aromatic heterocycles. The van der Waals surface area contributed by atoms with Crippen molar-refractivity contribution in [1.29, 1.82) is 0 Å². The van der Waals surface area contributed by atoms with E-state index in [9.17, 15) is 27.9 Å². The van der Waals surface area contributed by atoms with Gasteiger partial charge >= 0.3 is 47.6 Å². The smallest absolute Gasteiger partial charge is 0.615 e. The molecular formula is C7H7F3NNaO5. The van der Waals surface area contributed by atoms with Crippen molar-refractivity contribution in [1.82, 2.24) is 5.32 Å². The minimum Gasteiger partial charge on any atom is -0.615 e. The van der Waals surface area contributed by atoms with Crippen LogP contribution in [0.3, 0.4) is 0 Å². The van der Waals surface area contributed by atoms with Gasteiger partial charge in [-0.25, -0.2) is 4.79 Å². The van der Waals surface area contributed by atoms with Crippen LogP contribution in [0.5, 0.6) is 0 Å². The molecule has 1 N–H and O–H groups in total. The van der Waals surface area contributed by atoms with Gasteiger partial charge in [0.2, 0.25) is 0 Å². The molecule has 0 radical (unpaired) electrons. The van der Waals surface area contributed by atoms with E-state index in [1.165, 1.54) is 0 Å². The summed E-state index contributed by atoms with van der Waals surface area (Å²) in [6.45, 7) is 0. The molecule has 0 aromatic rings. The van der Waals surface area contributed by atoms with Crippen LogP contribution in [-0.4, -0.2) is 32.3 Å². The van der Waals surface area contributed by atoms with Gasteiger partial charge in [-0.3, -0.25) is 4.79 Å². The fourth-order valence-electron chi connectivity index (χ4n) is 0.574. The van der Waals surface area contributed by atoms with Crippen LogP contribution in [0.15, 0.2) is 11.6 Å². The average molecular weight is 265 g/mol. The number of esters is 1. The SMILES string of the molecule is COC(=O)/C(NC(=O)C(F)(F)F)=C(\[O-])OC.[Na+]. The molecule has 0 saturated heterocycles. The third-order valence-electron chi connectivity index (χ3n) is 1.28. The maximum atomic E-state index is 11.8. The van der Waals surface area contributed by atoms with Crippen molar-refractivity contribution in [3.05, 3.63) is 11.6 Å². The first-order valence-corrected chi connectivity index (χ1v) is 3.65. The molecule has 6 nitrogen and oxygen atoms in total. The first-order valence-electron chi connectivity index (χ1n) is 3.65. The number of hydrogen-bond acceptors (Lipinski definition) is 5. The minimum absolute atomic E-state index is 0. The largest absolute Gasteiger partial charge is 1.00 e. The zero-order valence-corrected chi connectivity index (χ0v) is 11.2. The molecule has 0 fully saturated rings. The van der Waals surface area contributed by atoms with E-state index in [0.717, 1.165) is 19.5 Å². The van der Waals surface area contributed by atoms with Crippen molar-refractivity contribution in [3.8, 4) is 0 Å². The molecule has 0 aliphatic rings. The molecule has 0 atom stereocenters. The summed E-state index contributed by atoms with van der Waals surface area (Å²) < 4.78 is 43.4. The molecule has 10 heteroatoms. The Morgan fingerprint density at radius 3 is 1.94 bits per heavy atom. The summed E-state index contributed by atoms with van der Waals surface area (Å²) in [5.41, 5.74) is -1.24. The minimum atomic E-state index is -5.23. The summed E-state index contributed by atoms with van der Waals surface area (Å²) in [6, 6.07) is 0. The number of nitrogens with one attached hydrogen (secondary N) is 1. The van der Waals surface area contributed by atoms with Gasteiger partial charge in [-0.15, -0.1) is 0 Å². The van der Waals surface area contributed by atoms with Gasteiger partial charge in [0.25, 0.3) is 0 Å². The number of methoxy groups -OCH3 is 2. The normalized spacial score (nSPS) is 11.8. The maximum absolute atomic E-state index is 11.8. The van der Waals surface area contributed by atoms with Crippen LogP contribution in [0.25, 0.3) is 0 Å². The van der Waals surface area contributed by atoms with Gasteiger partial charge in [0.1, 0.15) is 5.70 Å². The van der Waals surface area contributed by atoms with E-state index in [0.29, 0.717) is 0 Å². The van der Waals surface area contributed by atoms with Gasteiger partial charge in [0, 0.05) is 0 Å². The van der Waals surface area contributed by atoms with Crippen molar-refractivity contribution in [2.45, 2.75) is 6.18 Å². The monoisotopic (exact) mass is 265 g/mol. The van der Waals surface area contributed by atoms with Crippen LogP contribution < -0.4 is 40.0 Å². The van der Waals surface area contributed by atoms with Crippen molar-refractivity contribution < 1.29 is 66.9 Å². The summed E-state index contributed by atoms with van der Waals surface area (Å²) in [5.74, 6) is -5.35. The standard InChI is InChI=1S/C7H8F3NO5.Na/c1-15-4(12)3(5(13)16-2)11-6(14)7(8,9)10;/h12H,1-2H3,(H,11,14);/q;+1/p-1/b4-3-;. The van der Waals surface area contributed by atoms with Crippen molar-refractivity contribution in [2.24, 2.45) is 0 Å². The molecule has 0 aromatic carbocycles. The number of amides is 1. The van der Waals surface area contributed by atoms with Crippen LogP contribution in [0, 0.1) is 0 Å². The number of carbonyl (C=O) groups excluding carboxylic acids is 2. The number of ether oxygens (including phenoxy) is 2. The van der Waals surface area contributed by atoms with E-state index >= 15 is 0 Å². The van der Waals surface area contributed by atoms with Gasteiger partial charge in [0.15, 0.2) is 0 Å². The third-order valence-corrected chi connectivity index (χ3v) is 1.28. The van der Waals surface area contributed by atoms with E-state index in [4.69, 9.17) is 0 Å². The number of rotatable bonds is 3. The second-order valence-corrected chi connectivity index (χ2v) is 2.31. The van der Waals surface area contributed by atoms with Gasteiger partial charge < -0.3 is 19.9 Å². The fraction of sp³-hybridized carbons (Fsp3) is 0.429. The second kappa shape index (κ2) is 7.41. The Morgan fingerprint density at radius 1 is 1.18 bits per heavy atom. The molecule has 0 bridgehead atoms. The molecular weight excluding hydrogens is 258 g/mol. The predicted molar refractivity (Wildman–Crippen MR) is 40.2 cm³/mol. The van der Waals surface area contributed by atoms with Crippen LogP contribution in [0.2, 0.25) is 0 Å². The van der Waals surface area contributed by atoms with E-state index in [1.807, 2.05) is 0 Å². The number of hydrogen-bond donors (Lipinski definition) is 1. The summed E-state index contributed by atoms with van der Waals surface area (Å²) >= 11 is 0. The Kier molecular flexibility index (Phi) is 8.03. The van der Waals surface area contributed by atoms with Gasteiger partial charge in [-0.05, 0) is 7.11 Å². The van der Waals surface area contributed by atoms with Crippen molar-refractivity contribution >= 4 is 11.9 Å². The number of carbonyl (C=O) groups is 2. The zero-order chi connectivity index (χ0) is 12.9. The third kappa shape index (κ3) is 5.80. The molecule has 0 unspecified atom stereocenters. The summed E-state index contributed by atoms with van der Waals surface area (Å²) in [5, 5.41) is 11.9. The Balaban J connectivity index is 0. The zero-order valence-electron chi connectivity index (χ0n) is 9.18. The second-order valence-electron chi connectivity index (χ2n) is 2.31. The molecule has 0 heterocycles. The Labute approximate surface area is 116 Å². The quantitative estimate of drug-likeness (QED) is 0.243. The molecule has 0 aliphatic heterocycles.